The van der Waals surface area contributed by atoms with Crippen LogP contribution in [0.2, 0.25) is 0 Å². The Kier molecular flexibility index (Phi) is 4.86. The van der Waals surface area contributed by atoms with Gasteiger partial charge in [-0.2, -0.15) is 5.26 Å². The fourth-order valence-electron chi connectivity index (χ4n) is 4.45. The fourth-order valence-corrected chi connectivity index (χ4v) is 5.70. The summed E-state index contributed by atoms with van der Waals surface area (Å²) >= 11 is 1.60. The number of nitrogens with zero attached hydrogens (tertiary/aromatic N) is 3. The maximum atomic E-state index is 13.2. The van der Waals surface area contributed by atoms with Crippen LogP contribution in [0.3, 0.4) is 0 Å². The second kappa shape index (κ2) is 7.11. The molecule has 1 aromatic heterocycles. The topological polar surface area (TPSA) is 56.5 Å². The summed E-state index contributed by atoms with van der Waals surface area (Å²) in [6, 6.07) is 10.2. The van der Waals surface area contributed by atoms with Gasteiger partial charge in [-0.05, 0) is 56.1 Å². The number of thiophene rings is 1. The highest BCUT2D eigenvalue weighted by atomic mass is 32.1. The molecular weight excluding hydrogens is 378 g/mol. The van der Waals surface area contributed by atoms with Gasteiger partial charge in [0.25, 0.3) is 5.91 Å². The molecule has 4 nitrogen and oxygen atoms in total. The SMILES string of the molecule is CC(C)N1C(=O)C(=Nc2sc3c(c2C#N)CC[C@H](C(C)(C)C)C3)c2ccccc21. The third-order valence-corrected chi connectivity index (χ3v) is 7.30. The van der Waals surface area contributed by atoms with E-state index >= 15 is 0 Å². The Hall–Kier alpha value is -2.45. The minimum atomic E-state index is -0.0796. The van der Waals surface area contributed by atoms with Crippen molar-refractivity contribution in [1.29, 1.82) is 5.26 Å². The predicted molar refractivity (Wildman–Crippen MR) is 119 cm³/mol. The molecule has 2 heterocycles. The van der Waals surface area contributed by atoms with Crippen molar-refractivity contribution in [3.8, 4) is 6.07 Å². The summed E-state index contributed by atoms with van der Waals surface area (Å²) in [5, 5.41) is 10.5. The van der Waals surface area contributed by atoms with Crippen molar-refractivity contribution in [3.05, 3.63) is 45.8 Å². The van der Waals surface area contributed by atoms with Crippen molar-refractivity contribution in [2.75, 3.05) is 4.90 Å². The van der Waals surface area contributed by atoms with Gasteiger partial charge in [-0.3, -0.25) is 4.79 Å². The molecule has 0 saturated heterocycles. The number of para-hydroxylation sites is 1. The van der Waals surface area contributed by atoms with Crippen LogP contribution in [-0.2, 0) is 17.6 Å². The van der Waals surface area contributed by atoms with Crippen molar-refractivity contribution in [2.24, 2.45) is 16.3 Å². The first-order valence-corrected chi connectivity index (χ1v) is 11.1. The highest BCUT2D eigenvalue weighted by molar-refractivity contribution is 7.16. The molecule has 0 fully saturated rings. The van der Waals surface area contributed by atoms with Gasteiger partial charge in [0.1, 0.15) is 16.8 Å². The van der Waals surface area contributed by atoms with Crippen molar-refractivity contribution in [1.82, 2.24) is 0 Å². The van der Waals surface area contributed by atoms with Gasteiger partial charge in [0.05, 0.1) is 11.3 Å². The van der Waals surface area contributed by atoms with E-state index in [1.165, 1.54) is 4.88 Å². The van der Waals surface area contributed by atoms with Crippen LogP contribution in [0.1, 0.15) is 62.6 Å². The van der Waals surface area contributed by atoms with Crippen LogP contribution in [0, 0.1) is 22.7 Å². The van der Waals surface area contributed by atoms with E-state index in [2.05, 4.69) is 26.8 Å². The molecule has 5 heteroatoms. The van der Waals surface area contributed by atoms with E-state index in [0.717, 1.165) is 36.1 Å². The first kappa shape index (κ1) is 19.8. The Labute approximate surface area is 176 Å². The number of aliphatic imine (C=N–C) groups is 1. The number of carbonyl (C=O) groups is 1. The third-order valence-electron chi connectivity index (χ3n) is 6.15. The minimum absolute atomic E-state index is 0.0517. The van der Waals surface area contributed by atoms with Gasteiger partial charge < -0.3 is 4.90 Å². The van der Waals surface area contributed by atoms with Gasteiger partial charge in [-0.1, -0.05) is 39.0 Å². The number of hydrogen-bond donors (Lipinski definition) is 0. The summed E-state index contributed by atoms with van der Waals surface area (Å²) in [4.78, 5) is 21.0. The standard InChI is InChI=1S/C24H27N3OS/c1-14(2)27-19-9-7-6-8-17(19)21(23(27)28)26-22-18(13-25)16-11-10-15(24(3,4)5)12-20(16)29-22/h6-9,14-15H,10-12H2,1-5H3/t15-/m0/s1. The second-order valence-electron chi connectivity index (χ2n) is 9.35. The summed E-state index contributed by atoms with van der Waals surface area (Å²) in [6.07, 6.45) is 3.01. The van der Waals surface area contributed by atoms with E-state index in [9.17, 15) is 10.1 Å². The molecule has 150 valence electrons. The van der Waals surface area contributed by atoms with Crippen molar-refractivity contribution < 1.29 is 4.79 Å². The van der Waals surface area contributed by atoms with Gasteiger partial charge in [0.2, 0.25) is 0 Å². The summed E-state index contributed by atoms with van der Waals surface area (Å²) < 4.78 is 0. The molecule has 1 aliphatic heterocycles. The number of rotatable bonds is 2. The molecule has 2 aromatic rings. The molecule has 0 bridgehead atoms. The Morgan fingerprint density at radius 2 is 2.00 bits per heavy atom. The Morgan fingerprint density at radius 3 is 2.66 bits per heavy atom. The van der Waals surface area contributed by atoms with Crippen molar-refractivity contribution in [3.63, 3.8) is 0 Å². The maximum Gasteiger partial charge on any atom is 0.277 e. The highest BCUT2D eigenvalue weighted by Crippen LogP contribution is 2.45. The molecule has 0 unspecified atom stereocenters. The Bertz CT molecular complexity index is 1050. The summed E-state index contributed by atoms with van der Waals surface area (Å²) in [5.41, 5.74) is 4.28. The second-order valence-corrected chi connectivity index (χ2v) is 10.4. The number of anilines is 1. The molecule has 0 N–H and O–H groups in total. The molecule has 1 atom stereocenters. The van der Waals surface area contributed by atoms with Crippen molar-refractivity contribution in [2.45, 2.75) is 59.9 Å². The largest absolute Gasteiger partial charge is 0.304 e. The number of amides is 1. The summed E-state index contributed by atoms with van der Waals surface area (Å²) in [5.74, 6) is 0.523. The van der Waals surface area contributed by atoms with Gasteiger partial charge >= 0.3 is 0 Å². The lowest BCUT2D eigenvalue weighted by molar-refractivity contribution is -0.112. The molecular formula is C24H27N3OS. The number of nitriles is 1. The maximum absolute atomic E-state index is 13.2. The van der Waals surface area contributed by atoms with E-state index in [1.54, 1.807) is 16.2 Å². The van der Waals surface area contributed by atoms with E-state index < -0.39 is 0 Å². The molecule has 0 saturated carbocycles. The molecule has 1 amide bonds. The van der Waals surface area contributed by atoms with Gasteiger partial charge in [0, 0.05) is 16.5 Å². The number of hydrogen-bond acceptors (Lipinski definition) is 4. The predicted octanol–water partition coefficient (Wildman–Crippen LogP) is 5.65. The van der Waals surface area contributed by atoms with Crippen LogP contribution >= 0.6 is 11.3 Å². The molecule has 1 aliphatic carbocycles. The zero-order chi connectivity index (χ0) is 20.9. The zero-order valence-corrected chi connectivity index (χ0v) is 18.6. The van der Waals surface area contributed by atoms with E-state index in [-0.39, 0.29) is 17.4 Å². The Morgan fingerprint density at radius 1 is 1.28 bits per heavy atom. The quantitative estimate of drug-likeness (QED) is 0.648. The normalized spacial score (nSPS) is 20.2. The summed E-state index contributed by atoms with van der Waals surface area (Å²) in [7, 11) is 0. The smallest absolute Gasteiger partial charge is 0.277 e. The summed E-state index contributed by atoms with van der Waals surface area (Å²) in [6.45, 7) is 10.9. The number of fused-ring (bicyclic) bond motifs is 2. The van der Waals surface area contributed by atoms with Crippen molar-refractivity contribution >= 4 is 33.6 Å². The van der Waals surface area contributed by atoms with Crippen LogP contribution in [0.5, 0.6) is 0 Å². The molecule has 0 spiro atoms. The lowest BCUT2D eigenvalue weighted by Crippen LogP contribution is -2.35. The van der Waals surface area contributed by atoms with Crippen LogP contribution in [0.25, 0.3) is 0 Å². The lowest BCUT2D eigenvalue weighted by Gasteiger charge is -2.33. The van der Waals surface area contributed by atoms with Gasteiger partial charge in [-0.25, -0.2) is 4.99 Å². The number of benzene rings is 1. The van der Waals surface area contributed by atoms with Crippen LogP contribution in [0.4, 0.5) is 10.7 Å². The van der Waals surface area contributed by atoms with Crippen LogP contribution in [0.15, 0.2) is 29.3 Å². The molecule has 2 aliphatic rings. The van der Waals surface area contributed by atoms with E-state index in [1.807, 2.05) is 38.1 Å². The monoisotopic (exact) mass is 405 g/mol. The average Bonchev–Trinajstić information content (AvgIpc) is 3.15. The first-order chi connectivity index (χ1) is 13.7. The fraction of sp³-hybridized carbons (Fsp3) is 0.458. The highest BCUT2D eigenvalue weighted by Gasteiger charge is 2.36. The Balaban J connectivity index is 1.80. The number of carbonyl (C=O) groups excluding carboxylic acids is 1. The molecule has 1 aromatic carbocycles. The average molecular weight is 406 g/mol. The molecule has 4 rings (SSSR count). The minimum Gasteiger partial charge on any atom is -0.304 e. The zero-order valence-electron chi connectivity index (χ0n) is 17.7. The van der Waals surface area contributed by atoms with E-state index in [4.69, 9.17) is 4.99 Å². The third kappa shape index (κ3) is 3.30. The van der Waals surface area contributed by atoms with Crippen LogP contribution in [-0.4, -0.2) is 17.7 Å². The molecule has 29 heavy (non-hydrogen) atoms. The van der Waals surface area contributed by atoms with Gasteiger partial charge in [0.15, 0.2) is 0 Å². The molecule has 0 radical (unpaired) electrons. The first-order valence-electron chi connectivity index (χ1n) is 10.3. The van der Waals surface area contributed by atoms with E-state index in [0.29, 0.717) is 22.2 Å². The van der Waals surface area contributed by atoms with Crippen LogP contribution < -0.4 is 4.90 Å². The van der Waals surface area contributed by atoms with Gasteiger partial charge in [-0.15, -0.1) is 11.3 Å². The lowest BCUT2D eigenvalue weighted by atomic mass is 9.72.